The molecule has 1 aromatic heterocycles. The lowest BCUT2D eigenvalue weighted by atomic mass is 10.2. The Labute approximate surface area is 107 Å². The maximum atomic E-state index is 8.91. The third-order valence-corrected chi connectivity index (χ3v) is 2.66. The SMILES string of the molecule is CCOc1nc2cc(C#N)ccc2n1CC(C)C. The predicted molar refractivity (Wildman–Crippen MR) is 70.5 cm³/mol. The predicted octanol–water partition coefficient (Wildman–Crippen LogP) is 2.96. The fourth-order valence-corrected chi connectivity index (χ4v) is 1.96. The van der Waals surface area contributed by atoms with Crippen molar-refractivity contribution in [3.8, 4) is 12.1 Å². The van der Waals surface area contributed by atoms with Crippen LogP contribution in [0.1, 0.15) is 26.3 Å². The summed E-state index contributed by atoms with van der Waals surface area (Å²) in [6.07, 6.45) is 0. The lowest BCUT2D eigenvalue weighted by Gasteiger charge is -2.11. The van der Waals surface area contributed by atoms with Crippen molar-refractivity contribution in [3.05, 3.63) is 23.8 Å². The number of ether oxygens (including phenoxy) is 1. The maximum absolute atomic E-state index is 8.91. The van der Waals surface area contributed by atoms with Gasteiger partial charge < -0.3 is 4.74 Å². The molecular weight excluding hydrogens is 226 g/mol. The quantitative estimate of drug-likeness (QED) is 0.829. The summed E-state index contributed by atoms with van der Waals surface area (Å²) in [5, 5.41) is 8.91. The molecule has 0 unspecified atom stereocenters. The fraction of sp³-hybridized carbons (Fsp3) is 0.429. The van der Waals surface area contributed by atoms with Gasteiger partial charge in [0.15, 0.2) is 0 Å². The van der Waals surface area contributed by atoms with Crippen LogP contribution >= 0.6 is 0 Å². The van der Waals surface area contributed by atoms with E-state index in [0.29, 0.717) is 24.1 Å². The van der Waals surface area contributed by atoms with Gasteiger partial charge in [-0.1, -0.05) is 13.8 Å². The van der Waals surface area contributed by atoms with Crippen LogP contribution in [0.2, 0.25) is 0 Å². The molecule has 1 aromatic carbocycles. The van der Waals surface area contributed by atoms with Crippen molar-refractivity contribution in [2.24, 2.45) is 5.92 Å². The van der Waals surface area contributed by atoms with Gasteiger partial charge in [0.2, 0.25) is 0 Å². The first kappa shape index (κ1) is 12.4. The number of benzene rings is 1. The van der Waals surface area contributed by atoms with Gasteiger partial charge in [-0.15, -0.1) is 0 Å². The second-order valence-electron chi connectivity index (χ2n) is 4.65. The number of nitriles is 1. The average Bonchev–Trinajstić information content (AvgIpc) is 2.66. The number of fused-ring (bicyclic) bond motifs is 1. The molecular formula is C14H17N3O. The van der Waals surface area contributed by atoms with Crippen LogP contribution in [0.25, 0.3) is 11.0 Å². The Hall–Kier alpha value is -2.02. The summed E-state index contributed by atoms with van der Waals surface area (Å²) < 4.78 is 7.64. The molecule has 2 aromatic rings. The highest BCUT2D eigenvalue weighted by Gasteiger charge is 2.13. The highest BCUT2D eigenvalue weighted by molar-refractivity contribution is 5.78. The van der Waals surface area contributed by atoms with Crippen molar-refractivity contribution in [2.75, 3.05) is 6.61 Å². The van der Waals surface area contributed by atoms with Gasteiger partial charge in [-0.05, 0) is 31.0 Å². The molecule has 4 nitrogen and oxygen atoms in total. The first-order valence-electron chi connectivity index (χ1n) is 6.19. The van der Waals surface area contributed by atoms with E-state index in [-0.39, 0.29) is 0 Å². The molecule has 0 spiro atoms. The Morgan fingerprint density at radius 3 is 2.83 bits per heavy atom. The van der Waals surface area contributed by atoms with Crippen molar-refractivity contribution in [1.82, 2.24) is 9.55 Å². The van der Waals surface area contributed by atoms with E-state index in [1.807, 2.05) is 19.1 Å². The van der Waals surface area contributed by atoms with Crippen LogP contribution in [0, 0.1) is 17.2 Å². The Morgan fingerprint density at radius 2 is 2.22 bits per heavy atom. The molecule has 0 aliphatic rings. The van der Waals surface area contributed by atoms with Crippen molar-refractivity contribution >= 4 is 11.0 Å². The number of hydrogen-bond donors (Lipinski definition) is 0. The Kier molecular flexibility index (Phi) is 3.52. The number of rotatable bonds is 4. The monoisotopic (exact) mass is 243 g/mol. The molecule has 0 radical (unpaired) electrons. The first-order valence-corrected chi connectivity index (χ1v) is 6.19. The largest absolute Gasteiger partial charge is 0.465 e. The van der Waals surface area contributed by atoms with Crippen molar-refractivity contribution in [3.63, 3.8) is 0 Å². The summed E-state index contributed by atoms with van der Waals surface area (Å²) in [4.78, 5) is 4.45. The molecule has 0 saturated heterocycles. The van der Waals surface area contributed by atoms with E-state index in [9.17, 15) is 0 Å². The lowest BCUT2D eigenvalue weighted by Crippen LogP contribution is -2.07. The normalized spacial score (nSPS) is 10.8. The molecule has 1 heterocycles. The summed E-state index contributed by atoms with van der Waals surface area (Å²) >= 11 is 0. The van der Waals surface area contributed by atoms with Crippen molar-refractivity contribution in [1.29, 1.82) is 5.26 Å². The van der Waals surface area contributed by atoms with Gasteiger partial charge in [0, 0.05) is 6.54 Å². The summed E-state index contributed by atoms with van der Waals surface area (Å²) in [6, 6.07) is 8.32. The zero-order chi connectivity index (χ0) is 13.1. The summed E-state index contributed by atoms with van der Waals surface area (Å²) in [6.45, 7) is 7.71. The van der Waals surface area contributed by atoms with E-state index < -0.39 is 0 Å². The molecule has 0 saturated carbocycles. The molecule has 0 fully saturated rings. The van der Waals surface area contributed by atoms with Crippen LogP contribution in [0.3, 0.4) is 0 Å². The molecule has 0 aliphatic heterocycles. The molecule has 0 aliphatic carbocycles. The summed E-state index contributed by atoms with van der Waals surface area (Å²) in [5.41, 5.74) is 2.46. The van der Waals surface area contributed by atoms with Gasteiger partial charge in [-0.3, -0.25) is 4.57 Å². The van der Waals surface area contributed by atoms with Gasteiger partial charge in [-0.2, -0.15) is 10.2 Å². The van der Waals surface area contributed by atoms with Crippen LogP contribution in [0.5, 0.6) is 6.01 Å². The van der Waals surface area contributed by atoms with E-state index in [0.717, 1.165) is 17.6 Å². The molecule has 94 valence electrons. The summed E-state index contributed by atoms with van der Waals surface area (Å²) in [7, 11) is 0. The third-order valence-electron chi connectivity index (χ3n) is 2.66. The highest BCUT2D eigenvalue weighted by atomic mass is 16.5. The molecule has 0 amide bonds. The van der Waals surface area contributed by atoms with Crippen molar-refractivity contribution in [2.45, 2.75) is 27.3 Å². The molecule has 0 atom stereocenters. The van der Waals surface area contributed by atoms with Crippen molar-refractivity contribution < 1.29 is 4.74 Å². The third kappa shape index (κ3) is 2.30. The highest BCUT2D eigenvalue weighted by Crippen LogP contribution is 2.23. The molecule has 2 rings (SSSR count). The number of imidazole rings is 1. The van der Waals surface area contributed by atoms with E-state index >= 15 is 0 Å². The van der Waals surface area contributed by atoms with Gasteiger partial charge in [-0.25, -0.2) is 0 Å². The number of aromatic nitrogens is 2. The number of nitrogens with zero attached hydrogens (tertiary/aromatic N) is 3. The zero-order valence-electron chi connectivity index (χ0n) is 11.0. The van der Waals surface area contributed by atoms with E-state index in [4.69, 9.17) is 10.00 Å². The van der Waals surface area contributed by atoms with E-state index in [1.165, 1.54) is 0 Å². The molecule has 0 bridgehead atoms. The van der Waals surface area contributed by atoms with Gasteiger partial charge in [0.05, 0.1) is 29.3 Å². The topological polar surface area (TPSA) is 50.8 Å². The smallest absolute Gasteiger partial charge is 0.297 e. The average molecular weight is 243 g/mol. The fourth-order valence-electron chi connectivity index (χ4n) is 1.96. The van der Waals surface area contributed by atoms with E-state index in [1.54, 1.807) is 6.07 Å². The number of hydrogen-bond acceptors (Lipinski definition) is 3. The van der Waals surface area contributed by atoms with Crippen LogP contribution < -0.4 is 4.74 Å². The molecule has 18 heavy (non-hydrogen) atoms. The minimum absolute atomic E-state index is 0.511. The Bertz CT molecular complexity index is 593. The van der Waals surface area contributed by atoms with Crippen LogP contribution in [-0.4, -0.2) is 16.2 Å². The van der Waals surface area contributed by atoms with E-state index in [2.05, 4.69) is 29.5 Å². The van der Waals surface area contributed by atoms with Crippen LogP contribution in [0.15, 0.2) is 18.2 Å². The van der Waals surface area contributed by atoms with Gasteiger partial charge in [0.25, 0.3) is 6.01 Å². The molecule has 4 heteroatoms. The van der Waals surface area contributed by atoms with Crippen LogP contribution in [-0.2, 0) is 6.54 Å². The Morgan fingerprint density at radius 1 is 1.44 bits per heavy atom. The second-order valence-corrected chi connectivity index (χ2v) is 4.65. The van der Waals surface area contributed by atoms with Gasteiger partial charge >= 0.3 is 0 Å². The summed E-state index contributed by atoms with van der Waals surface area (Å²) in [5.74, 6) is 0.511. The minimum atomic E-state index is 0.511. The molecule has 0 N–H and O–H groups in total. The second kappa shape index (κ2) is 5.09. The van der Waals surface area contributed by atoms with Gasteiger partial charge in [0.1, 0.15) is 0 Å². The maximum Gasteiger partial charge on any atom is 0.297 e. The van der Waals surface area contributed by atoms with Crippen LogP contribution in [0.4, 0.5) is 0 Å². The lowest BCUT2D eigenvalue weighted by molar-refractivity contribution is 0.292. The minimum Gasteiger partial charge on any atom is -0.465 e. The Balaban J connectivity index is 2.56. The first-order chi connectivity index (χ1) is 8.65. The standard InChI is InChI=1S/C14H17N3O/c1-4-18-14-16-12-7-11(8-15)5-6-13(12)17(14)9-10(2)3/h5-7,10H,4,9H2,1-3H3. The zero-order valence-corrected chi connectivity index (χ0v) is 11.0.